The monoisotopic (exact) mass is 229 g/mol. The highest BCUT2D eigenvalue weighted by Crippen LogP contribution is 2.30. The Morgan fingerprint density at radius 3 is 2.92 bits per heavy atom. The molecule has 1 aromatic heterocycles. The smallest absolute Gasteiger partial charge is 0.104 e. The lowest BCUT2D eigenvalue weighted by Crippen LogP contribution is -2.27. The van der Waals surface area contributed by atoms with Gasteiger partial charge in [-0.1, -0.05) is 0 Å². The molecule has 12 heavy (non-hydrogen) atoms. The lowest BCUT2D eigenvalue weighted by Gasteiger charge is -2.16. The molecule has 1 fully saturated rings. The summed E-state index contributed by atoms with van der Waals surface area (Å²) in [5.74, 6) is 0. The fraction of sp³-hybridized carbons (Fsp3) is 0.625. The van der Waals surface area contributed by atoms with Gasteiger partial charge in [0.05, 0.1) is 12.2 Å². The largest absolute Gasteiger partial charge is 0.326 e. The highest BCUT2D eigenvalue weighted by atomic mass is 79.9. The molecule has 1 aliphatic rings. The van der Waals surface area contributed by atoms with Crippen LogP contribution in [0.4, 0.5) is 0 Å². The standard InChI is InChI=1S/C8H12BrN3/c9-8-4-5-11-12(8)7-3-1-2-6(7)10/h4-7H,1-3,10H2. The summed E-state index contributed by atoms with van der Waals surface area (Å²) < 4.78 is 3.02. The Morgan fingerprint density at radius 2 is 2.42 bits per heavy atom. The van der Waals surface area contributed by atoms with Crippen LogP contribution in [0, 0.1) is 0 Å². The average Bonchev–Trinajstić information content (AvgIpc) is 2.59. The zero-order valence-corrected chi connectivity index (χ0v) is 8.37. The lowest BCUT2D eigenvalue weighted by atomic mass is 10.2. The van der Waals surface area contributed by atoms with E-state index in [0.717, 1.165) is 17.4 Å². The molecule has 2 rings (SSSR count). The number of nitrogens with zero attached hydrogens (tertiary/aromatic N) is 2. The van der Waals surface area contributed by atoms with Gasteiger partial charge in [0.25, 0.3) is 0 Å². The van der Waals surface area contributed by atoms with Crippen LogP contribution in [0.1, 0.15) is 25.3 Å². The predicted octanol–water partition coefficient (Wildman–Crippen LogP) is 1.70. The molecule has 0 spiro atoms. The molecule has 1 aromatic rings. The summed E-state index contributed by atoms with van der Waals surface area (Å²) in [6, 6.07) is 2.63. The summed E-state index contributed by atoms with van der Waals surface area (Å²) in [6.45, 7) is 0. The van der Waals surface area contributed by atoms with E-state index in [1.165, 1.54) is 6.42 Å². The van der Waals surface area contributed by atoms with Crippen molar-refractivity contribution >= 4 is 15.9 Å². The van der Waals surface area contributed by atoms with Gasteiger partial charge in [-0.25, -0.2) is 0 Å². The molecule has 0 amide bonds. The maximum Gasteiger partial charge on any atom is 0.104 e. The van der Waals surface area contributed by atoms with Crippen molar-refractivity contribution in [3.05, 3.63) is 16.9 Å². The minimum Gasteiger partial charge on any atom is -0.326 e. The molecule has 1 heterocycles. The van der Waals surface area contributed by atoms with Crippen LogP contribution in [0.15, 0.2) is 16.9 Å². The van der Waals surface area contributed by atoms with Crippen LogP contribution >= 0.6 is 15.9 Å². The molecular formula is C8H12BrN3. The number of halogens is 1. The molecule has 2 atom stereocenters. The summed E-state index contributed by atoms with van der Waals surface area (Å²) >= 11 is 3.45. The molecule has 3 nitrogen and oxygen atoms in total. The van der Waals surface area contributed by atoms with Gasteiger partial charge in [0.1, 0.15) is 4.60 Å². The van der Waals surface area contributed by atoms with E-state index in [4.69, 9.17) is 5.73 Å². The molecule has 0 aliphatic heterocycles. The molecule has 4 heteroatoms. The van der Waals surface area contributed by atoms with Gasteiger partial charge in [0.15, 0.2) is 0 Å². The van der Waals surface area contributed by atoms with Crippen LogP contribution in [-0.4, -0.2) is 15.8 Å². The minimum atomic E-state index is 0.279. The van der Waals surface area contributed by atoms with Gasteiger partial charge in [-0.05, 0) is 41.3 Å². The Bertz CT molecular complexity index is 271. The van der Waals surface area contributed by atoms with Crippen LogP contribution in [0.2, 0.25) is 0 Å². The lowest BCUT2D eigenvalue weighted by molar-refractivity contribution is 0.415. The molecule has 0 bridgehead atoms. The van der Waals surface area contributed by atoms with Gasteiger partial charge in [-0.2, -0.15) is 5.10 Å². The van der Waals surface area contributed by atoms with Crippen LogP contribution in [-0.2, 0) is 0 Å². The summed E-state index contributed by atoms with van der Waals surface area (Å²) in [5, 5.41) is 4.24. The summed E-state index contributed by atoms with van der Waals surface area (Å²) in [5.41, 5.74) is 5.96. The van der Waals surface area contributed by atoms with E-state index < -0.39 is 0 Å². The van der Waals surface area contributed by atoms with Crippen molar-refractivity contribution in [1.29, 1.82) is 0 Å². The van der Waals surface area contributed by atoms with Gasteiger partial charge in [-0.3, -0.25) is 4.68 Å². The Balaban J connectivity index is 2.24. The van der Waals surface area contributed by atoms with Crippen LogP contribution in [0.5, 0.6) is 0 Å². The van der Waals surface area contributed by atoms with E-state index in [9.17, 15) is 0 Å². The van der Waals surface area contributed by atoms with Crippen LogP contribution < -0.4 is 5.73 Å². The van der Waals surface area contributed by atoms with Gasteiger partial charge < -0.3 is 5.73 Å². The predicted molar refractivity (Wildman–Crippen MR) is 50.8 cm³/mol. The summed E-state index contributed by atoms with van der Waals surface area (Å²) in [4.78, 5) is 0. The molecule has 2 unspecified atom stereocenters. The van der Waals surface area contributed by atoms with E-state index in [1.807, 2.05) is 10.7 Å². The number of rotatable bonds is 1. The van der Waals surface area contributed by atoms with Crippen molar-refractivity contribution in [2.75, 3.05) is 0 Å². The molecule has 0 saturated heterocycles. The molecule has 66 valence electrons. The topological polar surface area (TPSA) is 43.8 Å². The van der Waals surface area contributed by atoms with Gasteiger partial charge in [-0.15, -0.1) is 0 Å². The van der Waals surface area contributed by atoms with E-state index >= 15 is 0 Å². The molecule has 2 N–H and O–H groups in total. The second-order valence-electron chi connectivity index (χ2n) is 3.26. The zero-order chi connectivity index (χ0) is 8.55. The second kappa shape index (κ2) is 3.18. The van der Waals surface area contributed by atoms with E-state index in [0.29, 0.717) is 6.04 Å². The molecule has 1 aliphatic carbocycles. The fourth-order valence-corrected chi connectivity index (χ4v) is 2.29. The number of hydrogen-bond donors (Lipinski definition) is 1. The Morgan fingerprint density at radius 1 is 1.58 bits per heavy atom. The molecule has 0 radical (unpaired) electrons. The van der Waals surface area contributed by atoms with Crippen LogP contribution in [0.3, 0.4) is 0 Å². The third-order valence-corrected chi connectivity index (χ3v) is 3.10. The Kier molecular flexibility index (Phi) is 2.19. The third kappa shape index (κ3) is 1.29. The highest BCUT2D eigenvalue weighted by molar-refractivity contribution is 9.10. The molecular weight excluding hydrogens is 218 g/mol. The quantitative estimate of drug-likeness (QED) is 0.797. The molecule has 0 aromatic carbocycles. The molecule has 1 saturated carbocycles. The van der Waals surface area contributed by atoms with Crippen molar-refractivity contribution in [2.45, 2.75) is 31.3 Å². The Labute approximate surface area is 80.1 Å². The third-order valence-electron chi connectivity index (χ3n) is 2.47. The van der Waals surface area contributed by atoms with Gasteiger partial charge >= 0.3 is 0 Å². The summed E-state index contributed by atoms with van der Waals surface area (Å²) in [7, 11) is 0. The van der Waals surface area contributed by atoms with Crippen molar-refractivity contribution in [1.82, 2.24) is 9.78 Å². The SMILES string of the molecule is NC1CCCC1n1nccc1Br. The number of nitrogens with two attached hydrogens (primary N) is 1. The number of hydrogen-bond acceptors (Lipinski definition) is 2. The highest BCUT2D eigenvalue weighted by Gasteiger charge is 2.26. The minimum absolute atomic E-state index is 0.279. The van der Waals surface area contributed by atoms with E-state index in [-0.39, 0.29) is 6.04 Å². The van der Waals surface area contributed by atoms with Crippen molar-refractivity contribution < 1.29 is 0 Å². The Hall–Kier alpha value is -0.350. The first-order valence-corrected chi connectivity index (χ1v) is 5.03. The fourth-order valence-electron chi connectivity index (χ4n) is 1.82. The zero-order valence-electron chi connectivity index (χ0n) is 6.78. The normalized spacial score (nSPS) is 29.5. The van der Waals surface area contributed by atoms with E-state index in [2.05, 4.69) is 21.0 Å². The second-order valence-corrected chi connectivity index (χ2v) is 4.07. The van der Waals surface area contributed by atoms with Crippen LogP contribution in [0.25, 0.3) is 0 Å². The van der Waals surface area contributed by atoms with Crippen molar-refractivity contribution in [3.63, 3.8) is 0 Å². The number of aromatic nitrogens is 2. The summed E-state index contributed by atoms with van der Waals surface area (Å²) in [6.07, 6.45) is 5.30. The average molecular weight is 230 g/mol. The van der Waals surface area contributed by atoms with Crippen molar-refractivity contribution in [2.24, 2.45) is 5.73 Å². The first kappa shape index (κ1) is 8.26. The first-order valence-electron chi connectivity index (χ1n) is 4.23. The van der Waals surface area contributed by atoms with Gasteiger partial charge in [0, 0.05) is 6.04 Å². The van der Waals surface area contributed by atoms with Gasteiger partial charge in [0.2, 0.25) is 0 Å². The van der Waals surface area contributed by atoms with Crippen molar-refractivity contribution in [3.8, 4) is 0 Å². The van der Waals surface area contributed by atoms with E-state index in [1.54, 1.807) is 6.20 Å². The maximum atomic E-state index is 5.96. The maximum absolute atomic E-state index is 5.96. The first-order chi connectivity index (χ1) is 5.79.